The molecule has 1 saturated carbocycles. The molecule has 0 spiro atoms. The third kappa shape index (κ3) is 2.53. The van der Waals surface area contributed by atoms with E-state index in [1.165, 1.54) is 12.8 Å². The summed E-state index contributed by atoms with van der Waals surface area (Å²) in [6.07, 6.45) is 4.88. The molecule has 3 heteroatoms. The van der Waals surface area contributed by atoms with Crippen molar-refractivity contribution in [2.45, 2.75) is 30.5 Å². The summed E-state index contributed by atoms with van der Waals surface area (Å²) in [5, 5.41) is 1.80. The van der Waals surface area contributed by atoms with Gasteiger partial charge in [-0.1, -0.05) is 39.7 Å². The van der Waals surface area contributed by atoms with Gasteiger partial charge >= 0.3 is 0 Å². The van der Waals surface area contributed by atoms with Gasteiger partial charge in [-0.3, -0.25) is 0 Å². The lowest BCUT2D eigenvalue weighted by atomic mass is 10.1. The molecular weight excluding hydrogens is 300 g/mol. The van der Waals surface area contributed by atoms with Crippen LogP contribution in [0.4, 0.5) is 0 Å². The van der Waals surface area contributed by atoms with E-state index in [-0.39, 0.29) is 0 Å². The molecule has 0 radical (unpaired) electrons. The Hall–Kier alpha value is -0.470. The summed E-state index contributed by atoms with van der Waals surface area (Å²) >= 11 is 9.84. The normalized spacial score (nSPS) is 17.5. The van der Waals surface area contributed by atoms with Gasteiger partial charge in [-0.05, 0) is 37.3 Å². The summed E-state index contributed by atoms with van der Waals surface area (Å²) in [4.78, 5) is 0.645. The fourth-order valence-electron chi connectivity index (χ4n) is 2.18. The lowest BCUT2D eigenvalue weighted by Crippen LogP contribution is -2.01. The van der Waals surface area contributed by atoms with E-state index in [2.05, 4.69) is 22.0 Å². The van der Waals surface area contributed by atoms with Gasteiger partial charge in [0.2, 0.25) is 0 Å². The number of halogens is 2. The highest BCUT2D eigenvalue weighted by molar-refractivity contribution is 9.09. The van der Waals surface area contributed by atoms with Crippen LogP contribution in [0.25, 0.3) is 11.0 Å². The first kappa shape index (κ1) is 11.6. The molecule has 1 aliphatic carbocycles. The van der Waals surface area contributed by atoms with E-state index >= 15 is 0 Å². The number of alkyl halides is 1. The van der Waals surface area contributed by atoms with Crippen molar-refractivity contribution >= 4 is 38.5 Å². The number of rotatable bonds is 4. The third-order valence-electron chi connectivity index (χ3n) is 3.35. The van der Waals surface area contributed by atoms with Crippen LogP contribution in [0.15, 0.2) is 28.7 Å². The van der Waals surface area contributed by atoms with Gasteiger partial charge in [0.1, 0.15) is 5.76 Å². The molecular formula is C14H14BrClO. The van der Waals surface area contributed by atoms with Gasteiger partial charge in [0.05, 0.1) is 5.02 Å². The average Bonchev–Trinajstić information content (AvgIpc) is 3.07. The van der Waals surface area contributed by atoms with Crippen molar-refractivity contribution in [3.05, 3.63) is 35.0 Å². The summed E-state index contributed by atoms with van der Waals surface area (Å²) < 4.78 is 5.80. The van der Waals surface area contributed by atoms with Crippen LogP contribution in [0.3, 0.4) is 0 Å². The summed E-state index contributed by atoms with van der Waals surface area (Å²) in [6.45, 7) is 0. The second kappa shape index (κ2) is 4.66. The predicted molar refractivity (Wildman–Crippen MR) is 75.0 cm³/mol. The van der Waals surface area contributed by atoms with Crippen LogP contribution in [0.1, 0.15) is 25.0 Å². The van der Waals surface area contributed by atoms with Crippen LogP contribution in [0.5, 0.6) is 0 Å². The molecule has 1 nitrogen and oxygen atoms in total. The molecule has 1 unspecified atom stereocenters. The minimum Gasteiger partial charge on any atom is -0.460 e. The minimum atomic E-state index is 0.645. The zero-order valence-electron chi connectivity index (χ0n) is 9.46. The first-order valence-corrected chi connectivity index (χ1v) is 7.34. The van der Waals surface area contributed by atoms with Crippen LogP contribution in [0, 0.1) is 5.92 Å². The van der Waals surface area contributed by atoms with Crippen LogP contribution in [-0.4, -0.2) is 4.83 Å². The molecule has 0 amide bonds. The summed E-state index contributed by atoms with van der Waals surface area (Å²) in [5.74, 6) is 1.93. The Labute approximate surface area is 114 Å². The highest BCUT2D eigenvalue weighted by Gasteiger charge is 2.28. The first-order valence-electron chi connectivity index (χ1n) is 6.05. The van der Waals surface area contributed by atoms with Gasteiger partial charge in [-0.15, -0.1) is 0 Å². The first-order chi connectivity index (χ1) is 8.24. The predicted octanol–water partition coefficient (Wildman–Crippen LogP) is 5.19. The Morgan fingerprint density at radius 1 is 1.41 bits per heavy atom. The van der Waals surface area contributed by atoms with Crippen LogP contribution >= 0.6 is 27.5 Å². The quantitative estimate of drug-likeness (QED) is 0.708. The molecule has 0 N–H and O–H groups in total. The van der Waals surface area contributed by atoms with Gasteiger partial charge in [0.15, 0.2) is 5.58 Å². The van der Waals surface area contributed by atoms with E-state index < -0.39 is 0 Å². The Balaban J connectivity index is 1.74. The van der Waals surface area contributed by atoms with Crippen LogP contribution in [-0.2, 0) is 6.42 Å². The van der Waals surface area contributed by atoms with Crippen molar-refractivity contribution in [1.82, 2.24) is 0 Å². The van der Waals surface area contributed by atoms with Gasteiger partial charge in [-0.2, -0.15) is 0 Å². The lowest BCUT2D eigenvalue weighted by molar-refractivity contribution is 0.530. The summed E-state index contributed by atoms with van der Waals surface area (Å²) in [5.41, 5.74) is 0.821. The van der Waals surface area contributed by atoms with E-state index in [9.17, 15) is 0 Å². The molecule has 1 atom stereocenters. The molecule has 0 saturated heterocycles. The lowest BCUT2D eigenvalue weighted by Gasteiger charge is -2.05. The Kier molecular flexibility index (Phi) is 3.18. The van der Waals surface area contributed by atoms with Gasteiger partial charge in [-0.25, -0.2) is 0 Å². The fourth-order valence-corrected chi connectivity index (χ4v) is 3.16. The van der Waals surface area contributed by atoms with E-state index in [1.807, 2.05) is 18.2 Å². The van der Waals surface area contributed by atoms with Crippen molar-refractivity contribution in [2.24, 2.45) is 5.92 Å². The number of benzene rings is 1. The van der Waals surface area contributed by atoms with E-state index in [0.717, 1.165) is 35.5 Å². The van der Waals surface area contributed by atoms with E-state index in [1.54, 1.807) is 0 Å². The number of hydrogen-bond acceptors (Lipinski definition) is 1. The van der Waals surface area contributed by atoms with Crippen LogP contribution < -0.4 is 0 Å². The highest BCUT2D eigenvalue weighted by atomic mass is 79.9. The van der Waals surface area contributed by atoms with Gasteiger partial charge in [0, 0.05) is 16.6 Å². The number of furan rings is 1. The molecule has 1 aromatic carbocycles. The van der Waals surface area contributed by atoms with Gasteiger partial charge < -0.3 is 4.42 Å². The Morgan fingerprint density at radius 3 is 2.94 bits per heavy atom. The second-order valence-corrected chi connectivity index (χ2v) is 6.35. The minimum absolute atomic E-state index is 0.645. The SMILES string of the molecule is Clc1cccc2cc(CCC(Br)C3CC3)oc12. The maximum absolute atomic E-state index is 6.09. The smallest absolute Gasteiger partial charge is 0.152 e. The highest BCUT2D eigenvalue weighted by Crippen LogP contribution is 2.39. The zero-order valence-corrected chi connectivity index (χ0v) is 11.8. The van der Waals surface area contributed by atoms with Crippen molar-refractivity contribution < 1.29 is 4.42 Å². The molecule has 3 rings (SSSR count). The van der Waals surface area contributed by atoms with Crippen molar-refractivity contribution in [2.75, 3.05) is 0 Å². The van der Waals surface area contributed by atoms with Crippen LogP contribution in [0.2, 0.25) is 5.02 Å². The molecule has 0 aliphatic heterocycles. The summed E-state index contributed by atoms with van der Waals surface area (Å²) in [7, 11) is 0. The number of hydrogen-bond donors (Lipinski definition) is 0. The molecule has 1 fully saturated rings. The number of para-hydroxylation sites is 1. The Morgan fingerprint density at radius 2 is 2.24 bits per heavy atom. The monoisotopic (exact) mass is 312 g/mol. The molecule has 17 heavy (non-hydrogen) atoms. The number of fused-ring (bicyclic) bond motifs is 1. The molecule has 1 aromatic heterocycles. The zero-order chi connectivity index (χ0) is 11.8. The molecule has 1 heterocycles. The second-order valence-electron chi connectivity index (χ2n) is 4.76. The third-order valence-corrected chi connectivity index (χ3v) is 4.85. The molecule has 0 bridgehead atoms. The molecule has 2 aromatic rings. The molecule has 1 aliphatic rings. The molecule has 90 valence electrons. The largest absolute Gasteiger partial charge is 0.460 e. The van der Waals surface area contributed by atoms with Crippen molar-refractivity contribution in [3.8, 4) is 0 Å². The fraction of sp³-hybridized carbons (Fsp3) is 0.429. The Bertz CT molecular complexity index is 530. The standard InChI is InChI=1S/C14H14BrClO/c15-12(9-4-5-9)7-6-11-8-10-2-1-3-13(16)14(10)17-11/h1-3,8-9,12H,4-7H2. The van der Waals surface area contributed by atoms with E-state index in [0.29, 0.717) is 9.85 Å². The maximum atomic E-state index is 6.09. The van der Waals surface area contributed by atoms with Crippen molar-refractivity contribution in [1.29, 1.82) is 0 Å². The van der Waals surface area contributed by atoms with Gasteiger partial charge in [0.25, 0.3) is 0 Å². The summed E-state index contributed by atoms with van der Waals surface area (Å²) in [6, 6.07) is 7.98. The average molecular weight is 314 g/mol. The van der Waals surface area contributed by atoms with Crippen molar-refractivity contribution in [3.63, 3.8) is 0 Å². The topological polar surface area (TPSA) is 13.1 Å². The maximum Gasteiger partial charge on any atom is 0.152 e. The number of aryl methyl sites for hydroxylation is 1. The van der Waals surface area contributed by atoms with E-state index in [4.69, 9.17) is 16.0 Å².